The Morgan fingerprint density at radius 3 is 2.57 bits per heavy atom. The van der Waals surface area contributed by atoms with E-state index in [1.807, 2.05) is 0 Å². The van der Waals surface area contributed by atoms with E-state index in [-0.39, 0.29) is 12.3 Å². The third kappa shape index (κ3) is 4.47. The molecule has 0 saturated carbocycles. The quantitative estimate of drug-likeness (QED) is 0.710. The second kappa shape index (κ2) is 7.84. The van der Waals surface area contributed by atoms with Crippen LogP contribution in [0.3, 0.4) is 0 Å². The number of carboxylic acids is 1. The van der Waals surface area contributed by atoms with Gasteiger partial charge in [-0.25, -0.2) is 0 Å². The molecule has 7 heteroatoms. The first-order valence-corrected chi connectivity index (χ1v) is 7.83. The molecule has 1 aromatic rings. The van der Waals surface area contributed by atoms with Crippen molar-refractivity contribution >= 4 is 46.1 Å². The number of benzene rings is 1. The van der Waals surface area contributed by atoms with Gasteiger partial charge in [-0.15, -0.1) is 0 Å². The number of methoxy groups -OCH3 is 1. The summed E-state index contributed by atoms with van der Waals surface area (Å²) in [4.78, 5) is 25.0. The molecule has 1 unspecified atom stereocenters. The Bertz CT molecular complexity index is 550. The van der Waals surface area contributed by atoms with Gasteiger partial charge < -0.3 is 14.7 Å². The van der Waals surface area contributed by atoms with Crippen LogP contribution < -0.4 is 4.74 Å². The monoisotopic (exact) mass is 425 g/mol. The fourth-order valence-electron chi connectivity index (χ4n) is 2.04. The number of carbonyl (C=O) groups excluding carboxylic acids is 1. The lowest BCUT2D eigenvalue weighted by Crippen LogP contribution is -2.39. The van der Waals surface area contributed by atoms with Crippen LogP contribution in [0.4, 0.5) is 0 Å². The van der Waals surface area contributed by atoms with Crippen molar-refractivity contribution in [2.45, 2.75) is 26.3 Å². The highest BCUT2D eigenvalue weighted by molar-refractivity contribution is 14.1. The molecule has 1 atom stereocenters. The summed E-state index contributed by atoms with van der Waals surface area (Å²) in [5, 5.41) is 9.34. The highest BCUT2D eigenvalue weighted by Crippen LogP contribution is 2.29. The molecular formula is C14H17ClINO4. The van der Waals surface area contributed by atoms with Gasteiger partial charge in [0, 0.05) is 16.2 Å². The van der Waals surface area contributed by atoms with Crippen molar-refractivity contribution in [1.29, 1.82) is 0 Å². The molecule has 0 spiro atoms. The smallest absolute Gasteiger partial charge is 0.305 e. The van der Waals surface area contributed by atoms with Crippen LogP contribution in [0, 0.1) is 3.57 Å². The minimum atomic E-state index is -0.943. The molecule has 0 aromatic heterocycles. The number of ether oxygens (including phenoxy) is 1. The molecule has 0 radical (unpaired) electrons. The Balaban J connectivity index is 3.16. The summed E-state index contributed by atoms with van der Waals surface area (Å²) in [6.45, 7) is 3.91. The Hall–Kier alpha value is -1.02. The molecule has 5 nitrogen and oxygen atoms in total. The molecule has 0 bridgehead atoms. The summed E-state index contributed by atoms with van der Waals surface area (Å²) < 4.78 is 6.01. The highest BCUT2D eigenvalue weighted by Gasteiger charge is 2.25. The molecule has 1 aromatic carbocycles. The Morgan fingerprint density at radius 1 is 1.48 bits per heavy atom. The van der Waals surface area contributed by atoms with Gasteiger partial charge in [0.15, 0.2) is 0 Å². The second-order valence-electron chi connectivity index (χ2n) is 4.50. The molecule has 0 heterocycles. The number of aliphatic carboxylic acids is 1. The Labute approximate surface area is 142 Å². The molecule has 116 valence electrons. The zero-order valence-electron chi connectivity index (χ0n) is 12.0. The first-order chi connectivity index (χ1) is 9.81. The lowest BCUT2D eigenvalue weighted by molar-refractivity contribution is -0.138. The SMILES string of the molecule is CCN(C(=O)c1cc(Cl)c(I)cc1OC)C(C)CC(=O)O. The minimum Gasteiger partial charge on any atom is -0.496 e. The predicted molar refractivity (Wildman–Crippen MR) is 89.1 cm³/mol. The number of carbonyl (C=O) groups is 2. The maximum atomic E-state index is 12.6. The van der Waals surface area contributed by atoms with Crippen LogP contribution in [-0.2, 0) is 4.79 Å². The number of amides is 1. The van der Waals surface area contributed by atoms with Crippen LogP contribution in [0.1, 0.15) is 30.6 Å². The Kier molecular flexibility index (Phi) is 6.73. The van der Waals surface area contributed by atoms with Crippen molar-refractivity contribution in [3.05, 3.63) is 26.3 Å². The van der Waals surface area contributed by atoms with Gasteiger partial charge in [-0.1, -0.05) is 11.6 Å². The third-order valence-electron chi connectivity index (χ3n) is 3.08. The van der Waals surface area contributed by atoms with Crippen molar-refractivity contribution < 1.29 is 19.4 Å². The van der Waals surface area contributed by atoms with Crippen molar-refractivity contribution in [3.8, 4) is 5.75 Å². The van der Waals surface area contributed by atoms with Gasteiger partial charge in [0.1, 0.15) is 5.75 Å². The maximum Gasteiger partial charge on any atom is 0.305 e. The number of nitrogens with zero attached hydrogens (tertiary/aromatic N) is 1. The van der Waals surface area contributed by atoms with E-state index in [4.69, 9.17) is 21.4 Å². The lowest BCUT2D eigenvalue weighted by Gasteiger charge is -2.27. The number of halogens is 2. The van der Waals surface area contributed by atoms with E-state index in [0.29, 0.717) is 22.9 Å². The number of carboxylic acid groups (broad SMARTS) is 1. The summed E-state index contributed by atoms with van der Waals surface area (Å²) in [5.74, 6) is -0.808. The second-order valence-corrected chi connectivity index (χ2v) is 6.07. The summed E-state index contributed by atoms with van der Waals surface area (Å²) >= 11 is 8.13. The maximum absolute atomic E-state index is 12.6. The zero-order valence-corrected chi connectivity index (χ0v) is 14.9. The van der Waals surface area contributed by atoms with E-state index in [9.17, 15) is 9.59 Å². The largest absolute Gasteiger partial charge is 0.496 e. The number of hydrogen-bond donors (Lipinski definition) is 1. The fraction of sp³-hybridized carbons (Fsp3) is 0.429. The van der Waals surface area contributed by atoms with E-state index < -0.39 is 12.0 Å². The van der Waals surface area contributed by atoms with E-state index in [2.05, 4.69) is 22.6 Å². The molecule has 0 aliphatic rings. The van der Waals surface area contributed by atoms with Crippen molar-refractivity contribution in [2.24, 2.45) is 0 Å². The van der Waals surface area contributed by atoms with Crippen LogP contribution in [0.25, 0.3) is 0 Å². The van der Waals surface area contributed by atoms with E-state index in [0.717, 1.165) is 3.57 Å². The topological polar surface area (TPSA) is 66.8 Å². The molecule has 0 fully saturated rings. The zero-order chi connectivity index (χ0) is 16.2. The average molecular weight is 426 g/mol. The van der Waals surface area contributed by atoms with Crippen LogP contribution in [0.2, 0.25) is 5.02 Å². The summed E-state index contributed by atoms with van der Waals surface area (Å²) in [6.07, 6.45) is -0.111. The van der Waals surface area contributed by atoms with Crippen LogP contribution >= 0.6 is 34.2 Å². The van der Waals surface area contributed by atoms with Crippen LogP contribution in [0.15, 0.2) is 12.1 Å². The predicted octanol–water partition coefficient (Wildman–Crippen LogP) is 3.28. The van der Waals surface area contributed by atoms with Gasteiger partial charge >= 0.3 is 5.97 Å². The molecule has 0 aliphatic carbocycles. The fourth-order valence-corrected chi connectivity index (χ4v) is 2.64. The first kappa shape index (κ1) is 18.0. The molecule has 21 heavy (non-hydrogen) atoms. The van der Waals surface area contributed by atoms with Gasteiger partial charge in [-0.3, -0.25) is 9.59 Å². The molecule has 1 N–H and O–H groups in total. The van der Waals surface area contributed by atoms with E-state index >= 15 is 0 Å². The average Bonchev–Trinajstić information content (AvgIpc) is 2.41. The number of hydrogen-bond acceptors (Lipinski definition) is 3. The normalized spacial score (nSPS) is 11.9. The third-order valence-corrected chi connectivity index (χ3v) is 4.60. The summed E-state index contributed by atoms with van der Waals surface area (Å²) in [7, 11) is 1.48. The van der Waals surface area contributed by atoms with Crippen LogP contribution in [-0.4, -0.2) is 41.6 Å². The highest BCUT2D eigenvalue weighted by atomic mass is 127. The number of rotatable bonds is 6. The van der Waals surface area contributed by atoms with E-state index in [1.165, 1.54) is 12.0 Å². The van der Waals surface area contributed by atoms with Crippen molar-refractivity contribution in [3.63, 3.8) is 0 Å². The molecular weight excluding hydrogens is 409 g/mol. The van der Waals surface area contributed by atoms with Gasteiger partial charge in [0.05, 0.1) is 24.1 Å². The molecule has 0 aliphatic heterocycles. The Morgan fingerprint density at radius 2 is 2.10 bits per heavy atom. The molecule has 1 amide bonds. The van der Waals surface area contributed by atoms with Crippen molar-refractivity contribution in [1.82, 2.24) is 4.90 Å². The van der Waals surface area contributed by atoms with Crippen LogP contribution in [0.5, 0.6) is 5.75 Å². The van der Waals surface area contributed by atoms with Gasteiger partial charge in [0.25, 0.3) is 5.91 Å². The minimum absolute atomic E-state index is 0.111. The molecule has 0 saturated heterocycles. The first-order valence-electron chi connectivity index (χ1n) is 6.37. The van der Waals surface area contributed by atoms with Gasteiger partial charge in [0.2, 0.25) is 0 Å². The lowest BCUT2D eigenvalue weighted by atomic mass is 10.1. The summed E-state index contributed by atoms with van der Waals surface area (Å²) in [5.41, 5.74) is 0.335. The van der Waals surface area contributed by atoms with E-state index in [1.54, 1.807) is 26.0 Å². The van der Waals surface area contributed by atoms with Gasteiger partial charge in [-0.05, 0) is 48.6 Å². The van der Waals surface area contributed by atoms with Gasteiger partial charge in [-0.2, -0.15) is 0 Å². The van der Waals surface area contributed by atoms with Crippen molar-refractivity contribution in [2.75, 3.05) is 13.7 Å². The standard InChI is InChI=1S/C14H17ClINO4/c1-4-17(8(2)5-13(18)19)14(20)9-6-10(15)11(16)7-12(9)21-3/h6-8H,4-5H2,1-3H3,(H,18,19). The molecule has 1 rings (SSSR count). The summed E-state index contributed by atoms with van der Waals surface area (Å²) in [6, 6.07) is 2.83.